The van der Waals surface area contributed by atoms with Crippen molar-refractivity contribution >= 4 is 5.91 Å². The molecule has 0 saturated heterocycles. The number of nitrogens with one attached hydrogen (secondary N) is 1. The fourth-order valence-corrected chi connectivity index (χ4v) is 1.69. The van der Waals surface area contributed by atoms with Gasteiger partial charge in [0.05, 0.1) is 0 Å². The highest BCUT2D eigenvalue weighted by Crippen LogP contribution is 2.11. The lowest BCUT2D eigenvalue weighted by molar-refractivity contribution is 0.0796. The SMILES string of the molecule is CNCCN(C)C(=O)c1ccccc1CCN. The van der Waals surface area contributed by atoms with Crippen LogP contribution >= 0.6 is 0 Å². The van der Waals surface area contributed by atoms with E-state index in [4.69, 9.17) is 5.73 Å². The Bertz CT molecular complexity index is 365. The molecular weight excluding hydrogens is 214 g/mol. The molecule has 0 aromatic heterocycles. The normalized spacial score (nSPS) is 10.3. The summed E-state index contributed by atoms with van der Waals surface area (Å²) in [5, 5.41) is 3.03. The monoisotopic (exact) mass is 235 g/mol. The Labute approximate surface area is 103 Å². The van der Waals surface area contributed by atoms with Gasteiger partial charge >= 0.3 is 0 Å². The Hall–Kier alpha value is -1.39. The zero-order chi connectivity index (χ0) is 12.7. The zero-order valence-electron chi connectivity index (χ0n) is 10.6. The Kier molecular flexibility index (Phi) is 5.66. The van der Waals surface area contributed by atoms with Crippen molar-refractivity contribution in [2.75, 3.05) is 33.7 Å². The van der Waals surface area contributed by atoms with Crippen LogP contribution in [-0.4, -0.2) is 44.5 Å². The number of carbonyl (C=O) groups excluding carboxylic acids is 1. The highest BCUT2D eigenvalue weighted by Gasteiger charge is 2.14. The second-order valence-electron chi connectivity index (χ2n) is 4.03. The lowest BCUT2D eigenvalue weighted by Crippen LogP contribution is -2.33. The van der Waals surface area contributed by atoms with E-state index in [-0.39, 0.29) is 5.91 Å². The van der Waals surface area contributed by atoms with Crippen LogP contribution in [0.25, 0.3) is 0 Å². The maximum atomic E-state index is 12.2. The first-order chi connectivity index (χ1) is 8.20. The van der Waals surface area contributed by atoms with Gasteiger partial charge in [0.1, 0.15) is 0 Å². The first-order valence-electron chi connectivity index (χ1n) is 5.88. The van der Waals surface area contributed by atoms with Gasteiger partial charge in [-0.25, -0.2) is 0 Å². The summed E-state index contributed by atoms with van der Waals surface area (Å²) in [7, 11) is 3.69. The summed E-state index contributed by atoms with van der Waals surface area (Å²) in [5.41, 5.74) is 7.34. The summed E-state index contributed by atoms with van der Waals surface area (Å²) < 4.78 is 0. The van der Waals surface area contributed by atoms with Gasteiger partial charge in [-0.1, -0.05) is 18.2 Å². The Balaban J connectivity index is 2.80. The van der Waals surface area contributed by atoms with Gasteiger partial charge in [-0.05, 0) is 31.6 Å². The number of rotatable bonds is 6. The number of hydrogen-bond donors (Lipinski definition) is 2. The highest BCUT2D eigenvalue weighted by molar-refractivity contribution is 5.95. The van der Waals surface area contributed by atoms with Gasteiger partial charge in [-0.2, -0.15) is 0 Å². The van der Waals surface area contributed by atoms with E-state index in [1.54, 1.807) is 4.90 Å². The van der Waals surface area contributed by atoms with Crippen molar-refractivity contribution in [3.8, 4) is 0 Å². The van der Waals surface area contributed by atoms with Crippen molar-refractivity contribution in [1.29, 1.82) is 0 Å². The smallest absolute Gasteiger partial charge is 0.253 e. The van der Waals surface area contributed by atoms with E-state index >= 15 is 0 Å². The molecule has 1 aromatic carbocycles. The van der Waals surface area contributed by atoms with Crippen LogP contribution in [0.5, 0.6) is 0 Å². The van der Waals surface area contributed by atoms with Crippen LogP contribution in [0.3, 0.4) is 0 Å². The van der Waals surface area contributed by atoms with Gasteiger partial charge in [-0.3, -0.25) is 4.79 Å². The van der Waals surface area contributed by atoms with E-state index in [1.807, 2.05) is 38.4 Å². The van der Waals surface area contributed by atoms with Gasteiger partial charge in [0.2, 0.25) is 0 Å². The van der Waals surface area contributed by atoms with Crippen molar-refractivity contribution < 1.29 is 4.79 Å². The molecule has 3 N–H and O–H groups in total. The third-order valence-electron chi connectivity index (χ3n) is 2.71. The number of carbonyl (C=O) groups is 1. The van der Waals surface area contributed by atoms with Crippen LogP contribution in [0.15, 0.2) is 24.3 Å². The van der Waals surface area contributed by atoms with E-state index in [0.29, 0.717) is 13.1 Å². The van der Waals surface area contributed by atoms with Gasteiger partial charge in [0, 0.05) is 25.7 Å². The van der Waals surface area contributed by atoms with Crippen molar-refractivity contribution in [2.45, 2.75) is 6.42 Å². The molecule has 0 aliphatic carbocycles. The van der Waals surface area contributed by atoms with Crippen molar-refractivity contribution in [3.05, 3.63) is 35.4 Å². The van der Waals surface area contributed by atoms with E-state index in [2.05, 4.69) is 5.32 Å². The lowest BCUT2D eigenvalue weighted by Gasteiger charge is -2.18. The van der Waals surface area contributed by atoms with Crippen LogP contribution in [0.2, 0.25) is 0 Å². The molecular formula is C13H21N3O. The van der Waals surface area contributed by atoms with Gasteiger partial charge in [-0.15, -0.1) is 0 Å². The van der Waals surface area contributed by atoms with Crippen LogP contribution in [0.1, 0.15) is 15.9 Å². The average molecular weight is 235 g/mol. The third-order valence-corrected chi connectivity index (χ3v) is 2.71. The maximum Gasteiger partial charge on any atom is 0.253 e. The first-order valence-corrected chi connectivity index (χ1v) is 5.88. The summed E-state index contributed by atoms with van der Waals surface area (Å²) in [6, 6.07) is 7.66. The Morgan fingerprint density at radius 3 is 2.76 bits per heavy atom. The summed E-state index contributed by atoms with van der Waals surface area (Å²) in [4.78, 5) is 13.9. The molecule has 0 spiro atoms. The second-order valence-corrected chi connectivity index (χ2v) is 4.03. The minimum absolute atomic E-state index is 0.0595. The molecule has 1 rings (SSSR count). The van der Waals surface area contributed by atoms with E-state index in [0.717, 1.165) is 24.1 Å². The number of nitrogens with zero attached hydrogens (tertiary/aromatic N) is 1. The molecule has 0 unspecified atom stereocenters. The molecule has 0 aliphatic rings. The predicted molar refractivity (Wildman–Crippen MR) is 70.1 cm³/mol. The Morgan fingerprint density at radius 2 is 2.12 bits per heavy atom. The molecule has 0 radical (unpaired) electrons. The van der Waals surface area contributed by atoms with E-state index < -0.39 is 0 Å². The zero-order valence-corrected chi connectivity index (χ0v) is 10.6. The summed E-state index contributed by atoms with van der Waals surface area (Å²) in [6.45, 7) is 2.05. The van der Waals surface area contributed by atoms with E-state index in [9.17, 15) is 4.79 Å². The van der Waals surface area contributed by atoms with Crippen LogP contribution in [0.4, 0.5) is 0 Å². The standard InChI is InChI=1S/C13H21N3O/c1-15-9-10-16(2)13(17)12-6-4-3-5-11(12)7-8-14/h3-6,15H,7-10,14H2,1-2H3. The molecule has 0 aliphatic heterocycles. The number of likely N-dealkylation sites (N-methyl/N-ethyl adjacent to an activating group) is 2. The van der Waals surface area contributed by atoms with Crippen LogP contribution < -0.4 is 11.1 Å². The minimum Gasteiger partial charge on any atom is -0.340 e. The molecule has 0 fully saturated rings. The molecule has 4 nitrogen and oxygen atoms in total. The molecule has 1 amide bonds. The summed E-state index contributed by atoms with van der Waals surface area (Å²) >= 11 is 0. The molecule has 94 valence electrons. The molecule has 1 aromatic rings. The fourth-order valence-electron chi connectivity index (χ4n) is 1.69. The predicted octanol–water partition coefficient (Wildman–Crippen LogP) is 0.479. The lowest BCUT2D eigenvalue weighted by atomic mass is 10.0. The largest absolute Gasteiger partial charge is 0.340 e. The van der Waals surface area contributed by atoms with Crippen molar-refractivity contribution in [3.63, 3.8) is 0 Å². The second kappa shape index (κ2) is 7.04. The fraction of sp³-hybridized carbons (Fsp3) is 0.462. The number of hydrogen-bond acceptors (Lipinski definition) is 3. The Morgan fingerprint density at radius 1 is 1.41 bits per heavy atom. The van der Waals surface area contributed by atoms with Gasteiger partial charge < -0.3 is 16.0 Å². The number of benzene rings is 1. The molecule has 17 heavy (non-hydrogen) atoms. The first kappa shape index (κ1) is 13.7. The topological polar surface area (TPSA) is 58.4 Å². The summed E-state index contributed by atoms with van der Waals surface area (Å²) in [5.74, 6) is 0.0595. The van der Waals surface area contributed by atoms with Crippen LogP contribution in [-0.2, 0) is 6.42 Å². The van der Waals surface area contributed by atoms with Crippen molar-refractivity contribution in [1.82, 2.24) is 10.2 Å². The molecule has 0 saturated carbocycles. The highest BCUT2D eigenvalue weighted by atomic mass is 16.2. The summed E-state index contributed by atoms with van der Waals surface area (Å²) in [6.07, 6.45) is 0.738. The quantitative estimate of drug-likeness (QED) is 0.754. The average Bonchev–Trinajstić information content (AvgIpc) is 2.36. The maximum absolute atomic E-state index is 12.2. The molecule has 0 bridgehead atoms. The van der Waals surface area contributed by atoms with Gasteiger partial charge in [0.15, 0.2) is 0 Å². The van der Waals surface area contributed by atoms with Crippen molar-refractivity contribution in [2.24, 2.45) is 5.73 Å². The third kappa shape index (κ3) is 3.84. The van der Waals surface area contributed by atoms with Crippen LogP contribution in [0, 0.1) is 0 Å². The minimum atomic E-state index is 0.0595. The molecule has 0 atom stereocenters. The molecule has 0 heterocycles. The van der Waals surface area contributed by atoms with Gasteiger partial charge in [0.25, 0.3) is 5.91 Å². The van der Waals surface area contributed by atoms with E-state index in [1.165, 1.54) is 0 Å². The number of nitrogens with two attached hydrogens (primary N) is 1. The number of amides is 1. The molecule has 4 heteroatoms.